The first-order valence-electron chi connectivity index (χ1n) is 18.6. The first-order valence-corrected chi connectivity index (χ1v) is 19.8. The van der Waals surface area contributed by atoms with Gasteiger partial charge in [-0.3, -0.25) is 0 Å². The zero-order valence-electron chi connectivity index (χ0n) is 36.8. The van der Waals surface area contributed by atoms with Crippen LogP contribution in [-0.2, 0) is 17.8 Å². The Morgan fingerprint density at radius 3 is 0.415 bits per heavy atom. The molecule has 0 unspecified atom stereocenters. The number of phenols is 3. The van der Waals surface area contributed by atoms with Gasteiger partial charge in [0.2, 0.25) is 0 Å². The highest BCUT2D eigenvalue weighted by Crippen LogP contribution is 2.65. The van der Waals surface area contributed by atoms with E-state index in [-0.39, 0.29) is 72.8 Å². The van der Waals surface area contributed by atoms with E-state index in [1.54, 1.807) is 0 Å². The van der Waals surface area contributed by atoms with Gasteiger partial charge in [0, 0.05) is 16.7 Å². The predicted octanol–water partition coefficient (Wildman–Crippen LogP) is 16.0. The van der Waals surface area contributed by atoms with Crippen molar-refractivity contribution in [3.8, 4) is 17.2 Å². The van der Waals surface area contributed by atoms with Crippen LogP contribution in [0.5, 0.6) is 17.2 Å². The molecule has 0 saturated carbocycles. The van der Waals surface area contributed by atoms with Crippen LogP contribution >= 0.6 is 8.60 Å². The molecule has 46 heteroatoms. The number of alkyl halides is 39. The third-order valence-corrected chi connectivity index (χ3v) is 9.49. The van der Waals surface area contributed by atoms with Gasteiger partial charge in [0.05, 0.1) is 0 Å². The highest BCUT2D eigenvalue weighted by atomic mass is 31.2. The number of rotatable bonds is 15. The number of halogens is 39. The third kappa shape index (κ3) is 12.8. The van der Waals surface area contributed by atoms with Gasteiger partial charge in [0.15, 0.2) is 0 Å². The molecule has 82 heavy (non-hydrogen) atoms. The second-order valence-electron chi connectivity index (χ2n) is 15.0. The Bertz CT molecular complexity index is 2280. The lowest BCUT2D eigenvalue weighted by Gasteiger charge is -2.39. The first kappa shape index (κ1) is 76.6. The molecule has 476 valence electrons. The van der Waals surface area contributed by atoms with Crippen LogP contribution in [0.3, 0.4) is 0 Å². The van der Waals surface area contributed by atoms with Crippen LogP contribution in [-0.4, -0.2) is 120 Å². The molecule has 0 radical (unpaired) electrons. The summed E-state index contributed by atoms with van der Waals surface area (Å²) in [6.07, 6.45) is -22.3. The molecule has 0 bridgehead atoms. The molecule has 6 nitrogen and oxygen atoms in total. The van der Waals surface area contributed by atoms with Gasteiger partial charge in [-0.2, -0.15) is 171 Å². The molecule has 0 aliphatic rings. The summed E-state index contributed by atoms with van der Waals surface area (Å²) in [6, 6.07) is 0.579. The zero-order valence-corrected chi connectivity index (χ0v) is 37.7. The number of phenolic OH excluding ortho intramolecular Hbond substituents is 3. The van der Waals surface area contributed by atoms with Gasteiger partial charge in [-0.1, -0.05) is 0 Å². The second kappa shape index (κ2) is 22.9. The number of hydrogen-bond acceptors (Lipinski definition) is 6. The molecular formula is C36H18F39O6P. The van der Waals surface area contributed by atoms with E-state index >= 15 is 0 Å². The van der Waals surface area contributed by atoms with Gasteiger partial charge in [-0.05, 0) is 72.8 Å². The summed E-state index contributed by atoms with van der Waals surface area (Å²) < 4.78 is 502. The van der Waals surface area contributed by atoms with Crippen molar-refractivity contribution in [2.45, 2.75) is 107 Å². The summed E-state index contributed by atoms with van der Waals surface area (Å²) in [7, 11) is -2.62. The van der Waals surface area contributed by atoms with E-state index in [0.717, 1.165) is 0 Å². The monoisotopic (exact) mass is 1320 g/mol. The molecular weight excluding hydrogens is 1300 g/mol. The largest absolute Gasteiger partial charge is 0.508 e. The Morgan fingerprint density at radius 2 is 0.305 bits per heavy atom. The summed E-state index contributed by atoms with van der Waals surface area (Å²) in [4.78, 5) is 21.7. The molecule has 3 rings (SSSR count). The number of benzene rings is 3. The van der Waals surface area contributed by atoms with Crippen LogP contribution in [0.25, 0.3) is 0 Å². The van der Waals surface area contributed by atoms with E-state index in [9.17, 15) is 171 Å². The highest BCUT2D eigenvalue weighted by molar-refractivity contribution is 7.38. The smallest absolute Gasteiger partial charge is 0.460 e. The lowest BCUT2D eigenvalue weighted by atomic mass is 9.90. The maximum atomic E-state index is 13.6. The molecule has 6 N–H and O–H groups in total. The molecule has 3 aromatic carbocycles. The molecule has 0 spiro atoms. The number of aromatic hydroxyl groups is 3. The molecule has 0 aliphatic carbocycles. The summed E-state index contributed by atoms with van der Waals surface area (Å²) in [5, 5.41) is 26.4. The fraction of sp³-hybridized carbons (Fsp3) is 0.500. The molecule has 0 aliphatic heterocycles. The Kier molecular flexibility index (Phi) is 21.4. The predicted molar refractivity (Wildman–Crippen MR) is 187 cm³/mol. The third-order valence-electron chi connectivity index (χ3n) is 9.49. The zero-order chi connectivity index (χ0) is 66.5. The fourth-order valence-electron chi connectivity index (χ4n) is 4.86. The van der Waals surface area contributed by atoms with Crippen LogP contribution in [0.15, 0.2) is 72.8 Å². The van der Waals surface area contributed by atoms with E-state index in [4.69, 9.17) is 30.0 Å². The average molecular weight is 1320 g/mol. The Balaban J connectivity index is 0.00000116. The van der Waals surface area contributed by atoms with E-state index < -0.39 is 150 Å². The maximum Gasteiger partial charge on any atom is 0.460 e. The Morgan fingerprint density at radius 1 is 0.195 bits per heavy atom. The van der Waals surface area contributed by atoms with Crippen molar-refractivity contribution in [2.24, 2.45) is 0 Å². The van der Waals surface area contributed by atoms with Crippen LogP contribution in [0.2, 0.25) is 0 Å². The first-order chi connectivity index (χ1) is 35.5. The summed E-state index contributed by atoms with van der Waals surface area (Å²) in [6.45, 7) is 0. The van der Waals surface area contributed by atoms with Crippen LogP contribution in [0, 0.1) is 0 Å². The minimum absolute atomic E-state index is 0.140. The van der Waals surface area contributed by atoms with Gasteiger partial charge < -0.3 is 30.0 Å². The van der Waals surface area contributed by atoms with Gasteiger partial charge in [0.25, 0.3) is 0 Å². The van der Waals surface area contributed by atoms with Gasteiger partial charge in [-0.15, -0.1) is 0 Å². The standard InChI is InChI=1S/3C12H5F13O.H3O3P/c3*13-7(14,5-1-3-6(26)4-2-5)8(15,16)9(17,18)10(19,20)11(21,22)12(23,24)25;1-4(2)3/h3*1-4,26H;1-3H. The van der Waals surface area contributed by atoms with Crippen molar-refractivity contribution in [1.82, 2.24) is 0 Å². The molecule has 0 saturated heterocycles. The molecule has 0 aromatic heterocycles. The SMILES string of the molecule is OP(O)O.Oc1ccc(C(F)(F)C(F)(F)C(F)(F)C(F)(F)C(F)(F)C(F)(F)F)cc1.Oc1ccc(C(F)(F)C(F)(F)C(F)(F)C(F)(F)C(F)(F)C(F)(F)F)cc1.Oc1ccc(C(F)(F)C(F)(F)C(F)(F)C(F)(F)C(F)(F)C(F)(F)F)cc1. The van der Waals surface area contributed by atoms with Crippen LogP contribution < -0.4 is 0 Å². The second-order valence-corrected chi connectivity index (χ2v) is 15.6. The summed E-state index contributed by atoms with van der Waals surface area (Å²) >= 11 is 0. The van der Waals surface area contributed by atoms with Crippen LogP contribution in [0.1, 0.15) is 16.7 Å². The molecule has 0 atom stereocenters. The topological polar surface area (TPSA) is 121 Å². The molecule has 0 fully saturated rings. The lowest BCUT2D eigenvalue weighted by molar-refractivity contribution is -0.441. The summed E-state index contributed by atoms with van der Waals surface area (Å²) in [5.74, 6) is -114. The van der Waals surface area contributed by atoms with Crippen molar-refractivity contribution in [1.29, 1.82) is 0 Å². The van der Waals surface area contributed by atoms with Crippen molar-refractivity contribution in [3.63, 3.8) is 0 Å². The summed E-state index contributed by atoms with van der Waals surface area (Å²) in [5.41, 5.74) is -6.44. The van der Waals surface area contributed by atoms with Crippen molar-refractivity contribution < 1.29 is 201 Å². The van der Waals surface area contributed by atoms with E-state index in [1.807, 2.05) is 0 Å². The number of hydrogen-bond donors (Lipinski definition) is 6. The van der Waals surface area contributed by atoms with E-state index in [1.165, 1.54) is 0 Å². The van der Waals surface area contributed by atoms with E-state index in [0.29, 0.717) is 0 Å². The minimum atomic E-state index is -7.93. The average Bonchev–Trinajstić information content (AvgIpc) is 3.27. The minimum Gasteiger partial charge on any atom is -0.508 e. The lowest BCUT2D eigenvalue weighted by Crippen LogP contribution is -2.69. The highest BCUT2D eigenvalue weighted by Gasteiger charge is 2.93. The molecule has 0 heterocycles. The molecule has 0 amide bonds. The maximum absolute atomic E-state index is 13.6. The normalized spacial score (nSPS) is 15.0. The van der Waals surface area contributed by atoms with E-state index in [2.05, 4.69) is 0 Å². The fourth-order valence-corrected chi connectivity index (χ4v) is 4.86. The van der Waals surface area contributed by atoms with Crippen LogP contribution in [0.4, 0.5) is 171 Å². The van der Waals surface area contributed by atoms with Crippen molar-refractivity contribution >= 4 is 8.60 Å². The molecule has 3 aromatic rings. The Labute approximate surface area is 424 Å². The quantitative estimate of drug-likeness (QED) is 0.0666. The van der Waals surface area contributed by atoms with Crippen molar-refractivity contribution in [2.75, 3.05) is 0 Å². The Hall–Kier alpha value is -5.36. The van der Waals surface area contributed by atoms with Crippen molar-refractivity contribution in [3.05, 3.63) is 89.5 Å². The van der Waals surface area contributed by atoms with Gasteiger partial charge in [0.1, 0.15) is 17.2 Å². The van der Waals surface area contributed by atoms with Gasteiger partial charge in [-0.25, -0.2) is 0 Å². The van der Waals surface area contributed by atoms with Gasteiger partial charge >= 0.3 is 116 Å².